The fourth-order valence-electron chi connectivity index (χ4n) is 1.58. The third-order valence-corrected chi connectivity index (χ3v) is 3.25. The van der Waals surface area contributed by atoms with Crippen LogP contribution in [0.1, 0.15) is 17.6 Å². The standard InChI is InChI=1S/C11H16N4S/c1-2-15-10(3-6-14-15)9-12-5-4-11-13-7-8-16-11/h3,6-8,12H,2,4-5,9H2,1H3. The van der Waals surface area contributed by atoms with E-state index in [1.165, 1.54) is 10.7 Å². The smallest absolute Gasteiger partial charge is 0.0937 e. The van der Waals surface area contributed by atoms with Crippen LogP contribution < -0.4 is 5.32 Å². The maximum absolute atomic E-state index is 4.25. The Labute approximate surface area is 99.3 Å². The van der Waals surface area contributed by atoms with Crippen molar-refractivity contribution in [3.63, 3.8) is 0 Å². The Hall–Kier alpha value is -1.20. The summed E-state index contributed by atoms with van der Waals surface area (Å²) in [7, 11) is 0. The van der Waals surface area contributed by atoms with E-state index in [1.807, 2.05) is 22.5 Å². The van der Waals surface area contributed by atoms with E-state index >= 15 is 0 Å². The van der Waals surface area contributed by atoms with E-state index in [1.54, 1.807) is 11.3 Å². The lowest BCUT2D eigenvalue weighted by molar-refractivity contribution is 0.582. The van der Waals surface area contributed by atoms with Gasteiger partial charge < -0.3 is 5.32 Å². The van der Waals surface area contributed by atoms with Crippen LogP contribution >= 0.6 is 11.3 Å². The molecule has 0 unspecified atom stereocenters. The second kappa shape index (κ2) is 5.77. The number of hydrogen-bond acceptors (Lipinski definition) is 4. The molecule has 0 spiro atoms. The van der Waals surface area contributed by atoms with Gasteiger partial charge in [0, 0.05) is 43.8 Å². The molecule has 2 heterocycles. The molecule has 0 saturated heterocycles. The fraction of sp³-hybridized carbons (Fsp3) is 0.455. The average Bonchev–Trinajstić information content (AvgIpc) is 2.95. The van der Waals surface area contributed by atoms with Gasteiger partial charge in [0.25, 0.3) is 0 Å². The van der Waals surface area contributed by atoms with Gasteiger partial charge in [-0.1, -0.05) is 0 Å². The molecular formula is C11H16N4S. The molecule has 0 aliphatic heterocycles. The van der Waals surface area contributed by atoms with Crippen LogP contribution in [-0.4, -0.2) is 21.3 Å². The Morgan fingerprint density at radius 2 is 2.38 bits per heavy atom. The third kappa shape index (κ3) is 2.90. The van der Waals surface area contributed by atoms with Crippen molar-refractivity contribution in [2.24, 2.45) is 0 Å². The zero-order chi connectivity index (χ0) is 11.2. The van der Waals surface area contributed by atoms with Gasteiger partial charge >= 0.3 is 0 Å². The highest BCUT2D eigenvalue weighted by Gasteiger charge is 2.00. The molecule has 0 bridgehead atoms. The van der Waals surface area contributed by atoms with Crippen molar-refractivity contribution in [1.82, 2.24) is 20.1 Å². The molecule has 2 aromatic heterocycles. The highest BCUT2D eigenvalue weighted by Crippen LogP contribution is 2.04. The lowest BCUT2D eigenvalue weighted by Crippen LogP contribution is -2.19. The van der Waals surface area contributed by atoms with Crippen molar-refractivity contribution in [3.8, 4) is 0 Å². The van der Waals surface area contributed by atoms with Crippen LogP contribution in [0.15, 0.2) is 23.8 Å². The molecule has 0 aliphatic rings. The van der Waals surface area contributed by atoms with Crippen molar-refractivity contribution < 1.29 is 0 Å². The van der Waals surface area contributed by atoms with E-state index in [2.05, 4.69) is 28.4 Å². The highest BCUT2D eigenvalue weighted by atomic mass is 32.1. The maximum atomic E-state index is 4.25. The summed E-state index contributed by atoms with van der Waals surface area (Å²) in [6.07, 6.45) is 4.70. The van der Waals surface area contributed by atoms with Gasteiger partial charge in [0.2, 0.25) is 0 Å². The SMILES string of the molecule is CCn1nccc1CNCCc1nccs1. The summed E-state index contributed by atoms with van der Waals surface area (Å²) in [5.41, 5.74) is 1.24. The molecule has 0 fully saturated rings. The van der Waals surface area contributed by atoms with Crippen LogP contribution in [0.2, 0.25) is 0 Å². The van der Waals surface area contributed by atoms with E-state index < -0.39 is 0 Å². The van der Waals surface area contributed by atoms with E-state index in [0.717, 1.165) is 26.1 Å². The molecule has 0 aromatic carbocycles. The first kappa shape index (κ1) is 11.3. The molecule has 0 aliphatic carbocycles. The number of aryl methyl sites for hydroxylation is 1. The Balaban J connectivity index is 1.72. The Morgan fingerprint density at radius 3 is 3.12 bits per heavy atom. The number of rotatable bonds is 6. The molecule has 2 rings (SSSR count). The summed E-state index contributed by atoms with van der Waals surface area (Å²) in [4.78, 5) is 4.25. The first-order chi connectivity index (χ1) is 7.90. The number of hydrogen-bond donors (Lipinski definition) is 1. The number of nitrogens with one attached hydrogen (secondary N) is 1. The summed E-state index contributed by atoms with van der Waals surface area (Å²) in [5.74, 6) is 0. The van der Waals surface area contributed by atoms with Crippen LogP contribution in [0, 0.1) is 0 Å². The first-order valence-corrected chi connectivity index (χ1v) is 6.38. The predicted molar refractivity (Wildman–Crippen MR) is 65.4 cm³/mol. The zero-order valence-electron chi connectivity index (χ0n) is 9.39. The topological polar surface area (TPSA) is 42.7 Å². The zero-order valence-corrected chi connectivity index (χ0v) is 10.2. The molecule has 0 radical (unpaired) electrons. The maximum Gasteiger partial charge on any atom is 0.0937 e. The molecule has 1 N–H and O–H groups in total. The second-order valence-electron chi connectivity index (χ2n) is 3.49. The minimum Gasteiger partial charge on any atom is -0.311 e. The lowest BCUT2D eigenvalue weighted by atomic mass is 10.4. The Morgan fingerprint density at radius 1 is 1.44 bits per heavy atom. The van der Waals surface area contributed by atoms with Gasteiger partial charge in [0.15, 0.2) is 0 Å². The average molecular weight is 236 g/mol. The van der Waals surface area contributed by atoms with Crippen molar-refractivity contribution in [2.75, 3.05) is 6.54 Å². The van der Waals surface area contributed by atoms with Crippen molar-refractivity contribution in [1.29, 1.82) is 0 Å². The summed E-state index contributed by atoms with van der Waals surface area (Å²) in [6, 6.07) is 2.06. The summed E-state index contributed by atoms with van der Waals surface area (Å²) in [5, 5.41) is 10.8. The van der Waals surface area contributed by atoms with E-state index in [4.69, 9.17) is 0 Å². The quantitative estimate of drug-likeness (QED) is 0.776. The molecule has 2 aromatic rings. The van der Waals surface area contributed by atoms with E-state index in [0.29, 0.717) is 0 Å². The largest absolute Gasteiger partial charge is 0.311 e. The summed E-state index contributed by atoms with van der Waals surface area (Å²) >= 11 is 1.71. The Bertz CT molecular complexity index is 407. The Kier molecular flexibility index (Phi) is 4.07. The van der Waals surface area contributed by atoms with Gasteiger partial charge in [-0.15, -0.1) is 11.3 Å². The number of thiazole rings is 1. The predicted octanol–water partition coefficient (Wildman–Crippen LogP) is 1.69. The molecule has 4 nitrogen and oxygen atoms in total. The minimum absolute atomic E-state index is 0.874. The fourth-order valence-corrected chi connectivity index (χ4v) is 2.20. The highest BCUT2D eigenvalue weighted by molar-refractivity contribution is 7.09. The molecular weight excluding hydrogens is 220 g/mol. The summed E-state index contributed by atoms with van der Waals surface area (Å²) in [6.45, 7) is 4.87. The van der Waals surface area contributed by atoms with Crippen molar-refractivity contribution >= 4 is 11.3 Å². The monoisotopic (exact) mass is 236 g/mol. The van der Waals surface area contributed by atoms with Crippen LogP contribution in [0.25, 0.3) is 0 Å². The van der Waals surface area contributed by atoms with Gasteiger partial charge in [-0.25, -0.2) is 4.98 Å². The first-order valence-electron chi connectivity index (χ1n) is 5.50. The molecule has 0 amide bonds. The van der Waals surface area contributed by atoms with Gasteiger partial charge in [0.1, 0.15) is 0 Å². The van der Waals surface area contributed by atoms with Gasteiger partial charge in [0.05, 0.1) is 10.7 Å². The van der Waals surface area contributed by atoms with Crippen LogP contribution in [0.4, 0.5) is 0 Å². The minimum atomic E-state index is 0.874. The second-order valence-corrected chi connectivity index (χ2v) is 4.47. The van der Waals surface area contributed by atoms with Crippen LogP contribution in [0.5, 0.6) is 0 Å². The van der Waals surface area contributed by atoms with Gasteiger partial charge in [-0.2, -0.15) is 5.10 Å². The molecule has 0 atom stereocenters. The molecule has 0 saturated carbocycles. The molecule has 5 heteroatoms. The normalized spacial score (nSPS) is 10.8. The number of nitrogens with zero attached hydrogens (tertiary/aromatic N) is 3. The van der Waals surface area contributed by atoms with Crippen molar-refractivity contribution in [2.45, 2.75) is 26.4 Å². The van der Waals surface area contributed by atoms with Crippen molar-refractivity contribution in [3.05, 3.63) is 34.5 Å². The van der Waals surface area contributed by atoms with Gasteiger partial charge in [-0.05, 0) is 13.0 Å². The summed E-state index contributed by atoms with van der Waals surface area (Å²) < 4.78 is 2.01. The van der Waals surface area contributed by atoms with E-state index in [9.17, 15) is 0 Å². The number of aromatic nitrogens is 3. The molecule has 86 valence electrons. The van der Waals surface area contributed by atoms with Crippen LogP contribution in [0.3, 0.4) is 0 Å². The lowest BCUT2D eigenvalue weighted by Gasteiger charge is -2.05. The third-order valence-electron chi connectivity index (χ3n) is 2.41. The van der Waals surface area contributed by atoms with E-state index in [-0.39, 0.29) is 0 Å². The molecule has 16 heavy (non-hydrogen) atoms. The van der Waals surface area contributed by atoms with Gasteiger partial charge in [-0.3, -0.25) is 4.68 Å². The van der Waals surface area contributed by atoms with Crippen LogP contribution in [-0.2, 0) is 19.5 Å².